The minimum atomic E-state index is -0.850. The molecule has 7 nitrogen and oxygen atoms in total. The lowest BCUT2D eigenvalue weighted by Gasteiger charge is -2.35. The molecule has 1 unspecified atom stereocenters. The van der Waals surface area contributed by atoms with Crippen molar-refractivity contribution in [1.82, 2.24) is 9.80 Å². The molecule has 2 aliphatic rings. The van der Waals surface area contributed by atoms with Crippen LogP contribution in [0, 0.1) is 5.92 Å². The number of esters is 1. The van der Waals surface area contributed by atoms with E-state index in [9.17, 15) is 14.4 Å². The van der Waals surface area contributed by atoms with Gasteiger partial charge in [-0.3, -0.25) is 14.5 Å². The topological polar surface area (TPSA) is 78.9 Å². The molecular weight excluding hydrogens is 406 g/mol. The highest BCUT2D eigenvalue weighted by Gasteiger charge is 2.30. The van der Waals surface area contributed by atoms with Gasteiger partial charge in [-0.25, -0.2) is 4.79 Å². The fourth-order valence-corrected chi connectivity index (χ4v) is 3.78. The van der Waals surface area contributed by atoms with Gasteiger partial charge in [-0.05, 0) is 49.6 Å². The van der Waals surface area contributed by atoms with E-state index in [0.29, 0.717) is 24.3 Å². The first-order chi connectivity index (χ1) is 15.5. The van der Waals surface area contributed by atoms with Gasteiger partial charge in [0.05, 0.1) is 5.56 Å². The van der Waals surface area contributed by atoms with Crippen molar-refractivity contribution in [3.8, 4) is 0 Å². The highest BCUT2D eigenvalue weighted by molar-refractivity contribution is 5.95. The third-order valence-electron chi connectivity index (χ3n) is 5.90. The number of hydrogen-bond acceptors (Lipinski definition) is 5. The lowest BCUT2D eigenvalue weighted by atomic mass is 10.2. The molecule has 0 radical (unpaired) electrons. The molecular formula is C25H29N3O4. The highest BCUT2D eigenvalue weighted by atomic mass is 16.5. The number of piperazine rings is 1. The zero-order valence-electron chi connectivity index (χ0n) is 18.3. The van der Waals surface area contributed by atoms with Crippen LogP contribution in [0.2, 0.25) is 0 Å². The molecule has 0 spiro atoms. The summed E-state index contributed by atoms with van der Waals surface area (Å²) in [6.07, 6.45) is 1.02. The molecule has 32 heavy (non-hydrogen) atoms. The molecule has 0 bridgehead atoms. The van der Waals surface area contributed by atoms with Crippen LogP contribution in [-0.2, 0) is 20.9 Å². The van der Waals surface area contributed by atoms with Gasteiger partial charge in [0.25, 0.3) is 5.91 Å². The van der Waals surface area contributed by atoms with Crippen LogP contribution < -0.4 is 5.32 Å². The van der Waals surface area contributed by atoms with Gasteiger partial charge in [0.15, 0.2) is 6.10 Å². The summed E-state index contributed by atoms with van der Waals surface area (Å²) < 4.78 is 5.41. The first kappa shape index (κ1) is 22.0. The van der Waals surface area contributed by atoms with Gasteiger partial charge in [0.1, 0.15) is 0 Å². The fraction of sp³-hybridized carbons (Fsp3) is 0.400. The minimum absolute atomic E-state index is 0.0170. The SMILES string of the molecule is CC(OC(=O)c1ccc(NC(=O)C2CC2)cc1)C(=O)N1CCN(Cc2ccccc2)CC1. The van der Waals surface area contributed by atoms with Gasteiger partial charge >= 0.3 is 5.97 Å². The van der Waals surface area contributed by atoms with Gasteiger partial charge in [0.2, 0.25) is 5.91 Å². The summed E-state index contributed by atoms with van der Waals surface area (Å²) in [4.78, 5) is 41.1. The summed E-state index contributed by atoms with van der Waals surface area (Å²) in [5.74, 6) is -0.588. The van der Waals surface area contributed by atoms with E-state index in [1.165, 1.54) is 5.56 Å². The average molecular weight is 436 g/mol. The molecule has 2 fully saturated rings. The average Bonchev–Trinajstić information content (AvgIpc) is 3.66. The van der Waals surface area contributed by atoms with Crippen LogP contribution in [0.1, 0.15) is 35.7 Å². The number of amides is 2. The van der Waals surface area contributed by atoms with Gasteiger partial charge in [-0.2, -0.15) is 0 Å². The lowest BCUT2D eigenvalue weighted by Crippen LogP contribution is -2.51. The Hall–Kier alpha value is -3.19. The molecule has 7 heteroatoms. The van der Waals surface area contributed by atoms with E-state index in [2.05, 4.69) is 22.3 Å². The Bertz CT molecular complexity index is 949. The monoisotopic (exact) mass is 435 g/mol. The standard InChI is InChI=1S/C25H29N3O4/c1-18(24(30)28-15-13-27(14-16-28)17-19-5-3-2-4-6-19)32-25(31)21-9-11-22(12-10-21)26-23(29)20-7-8-20/h2-6,9-12,18,20H,7-8,13-17H2,1H3,(H,26,29). The van der Waals surface area contributed by atoms with E-state index in [-0.39, 0.29) is 17.7 Å². The number of carbonyl (C=O) groups is 3. The second-order valence-electron chi connectivity index (χ2n) is 8.48. The van der Waals surface area contributed by atoms with Crippen LogP contribution in [0.4, 0.5) is 5.69 Å². The number of anilines is 1. The van der Waals surface area contributed by atoms with Crippen LogP contribution in [0.3, 0.4) is 0 Å². The number of nitrogens with zero attached hydrogens (tertiary/aromatic N) is 2. The maximum Gasteiger partial charge on any atom is 0.338 e. The maximum atomic E-state index is 12.8. The lowest BCUT2D eigenvalue weighted by molar-refractivity contribution is -0.141. The molecule has 4 rings (SSSR count). The number of rotatable bonds is 7. The van der Waals surface area contributed by atoms with Crippen LogP contribution in [-0.4, -0.2) is 59.9 Å². The third kappa shape index (κ3) is 5.73. The Kier molecular flexibility index (Phi) is 6.85. The van der Waals surface area contributed by atoms with Crippen molar-refractivity contribution >= 4 is 23.5 Å². The zero-order chi connectivity index (χ0) is 22.5. The Morgan fingerprint density at radius 2 is 1.62 bits per heavy atom. The molecule has 1 aliphatic carbocycles. The van der Waals surface area contributed by atoms with Crippen molar-refractivity contribution in [3.05, 3.63) is 65.7 Å². The van der Waals surface area contributed by atoms with E-state index in [0.717, 1.165) is 32.5 Å². The predicted octanol–water partition coefficient (Wildman–Crippen LogP) is 2.92. The van der Waals surface area contributed by atoms with E-state index < -0.39 is 12.1 Å². The number of carbonyl (C=O) groups excluding carboxylic acids is 3. The van der Waals surface area contributed by atoms with Crippen molar-refractivity contribution in [1.29, 1.82) is 0 Å². The van der Waals surface area contributed by atoms with Gasteiger partial charge in [-0.15, -0.1) is 0 Å². The van der Waals surface area contributed by atoms with Crippen LogP contribution in [0.15, 0.2) is 54.6 Å². The van der Waals surface area contributed by atoms with Crippen molar-refractivity contribution in [2.45, 2.75) is 32.4 Å². The second kappa shape index (κ2) is 9.96. The first-order valence-corrected chi connectivity index (χ1v) is 11.2. The molecule has 168 valence electrons. The molecule has 2 aromatic carbocycles. The number of nitrogens with one attached hydrogen (secondary N) is 1. The van der Waals surface area contributed by atoms with E-state index in [4.69, 9.17) is 4.74 Å². The molecule has 1 N–H and O–H groups in total. The fourth-order valence-electron chi connectivity index (χ4n) is 3.78. The van der Waals surface area contributed by atoms with E-state index >= 15 is 0 Å². The largest absolute Gasteiger partial charge is 0.449 e. The number of benzene rings is 2. The molecule has 2 aromatic rings. The normalized spacial score (nSPS) is 17.5. The van der Waals surface area contributed by atoms with E-state index in [1.54, 1.807) is 36.1 Å². The second-order valence-corrected chi connectivity index (χ2v) is 8.48. The maximum absolute atomic E-state index is 12.8. The van der Waals surface area contributed by atoms with Crippen LogP contribution in [0.25, 0.3) is 0 Å². The van der Waals surface area contributed by atoms with E-state index in [1.807, 2.05) is 18.2 Å². The van der Waals surface area contributed by atoms with Gasteiger partial charge in [-0.1, -0.05) is 30.3 Å². The Morgan fingerprint density at radius 3 is 2.25 bits per heavy atom. The smallest absolute Gasteiger partial charge is 0.338 e. The molecule has 1 aliphatic heterocycles. The minimum Gasteiger partial charge on any atom is -0.449 e. The van der Waals surface area contributed by atoms with Crippen molar-refractivity contribution < 1.29 is 19.1 Å². The summed E-state index contributed by atoms with van der Waals surface area (Å²) in [7, 11) is 0. The van der Waals surface area contributed by atoms with Crippen LogP contribution in [0.5, 0.6) is 0 Å². The molecule has 1 saturated carbocycles. The summed E-state index contributed by atoms with van der Waals surface area (Å²) >= 11 is 0. The summed E-state index contributed by atoms with van der Waals surface area (Å²) in [6, 6.07) is 16.8. The summed E-state index contributed by atoms with van der Waals surface area (Å²) in [6.45, 7) is 5.28. The zero-order valence-corrected chi connectivity index (χ0v) is 18.3. The van der Waals surface area contributed by atoms with Crippen LogP contribution >= 0.6 is 0 Å². The quantitative estimate of drug-likeness (QED) is 0.677. The summed E-state index contributed by atoms with van der Waals surface area (Å²) in [5.41, 5.74) is 2.25. The molecule has 1 heterocycles. The van der Waals surface area contributed by atoms with Gasteiger partial charge < -0.3 is 15.0 Å². The number of hydrogen-bond donors (Lipinski definition) is 1. The van der Waals surface area contributed by atoms with Gasteiger partial charge in [0, 0.05) is 44.3 Å². The predicted molar refractivity (Wildman–Crippen MR) is 121 cm³/mol. The van der Waals surface area contributed by atoms with Crippen molar-refractivity contribution in [2.75, 3.05) is 31.5 Å². The molecule has 0 aromatic heterocycles. The molecule has 1 atom stereocenters. The number of ether oxygens (including phenoxy) is 1. The Labute approximate surface area is 188 Å². The molecule has 2 amide bonds. The Morgan fingerprint density at radius 1 is 0.969 bits per heavy atom. The third-order valence-corrected chi connectivity index (χ3v) is 5.90. The highest BCUT2D eigenvalue weighted by Crippen LogP contribution is 2.30. The molecule has 1 saturated heterocycles. The Balaban J connectivity index is 1.23. The first-order valence-electron chi connectivity index (χ1n) is 11.2. The summed E-state index contributed by atoms with van der Waals surface area (Å²) in [5, 5.41) is 2.83. The van der Waals surface area contributed by atoms with Crippen molar-refractivity contribution in [3.63, 3.8) is 0 Å². The van der Waals surface area contributed by atoms with Crippen molar-refractivity contribution in [2.24, 2.45) is 5.92 Å².